The standard InChI is InChI=1S/C27H35N3O2/c31-27(21-10-12-24(13-11-21)30-16-5-2-6-17-30)28-23-18-25-22(8-7-9-26(25)32-20-23)19-29-14-3-1-4-15-29/h7-13,23H,1-6,14-20H2,(H,28,31)/t23-/m0/s1. The van der Waals surface area contributed by atoms with E-state index < -0.39 is 0 Å². The van der Waals surface area contributed by atoms with Gasteiger partial charge in [0.05, 0.1) is 6.04 Å². The van der Waals surface area contributed by atoms with Crippen LogP contribution in [0.2, 0.25) is 0 Å². The van der Waals surface area contributed by atoms with Crippen molar-refractivity contribution in [2.75, 3.05) is 37.7 Å². The summed E-state index contributed by atoms with van der Waals surface area (Å²) in [6.45, 7) is 6.09. The molecule has 5 rings (SSSR count). The fourth-order valence-electron chi connectivity index (χ4n) is 5.32. The number of hydrogen-bond donors (Lipinski definition) is 1. The van der Waals surface area contributed by atoms with Gasteiger partial charge in [-0.25, -0.2) is 0 Å². The summed E-state index contributed by atoms with van der Waals surface area (Å²) in [5.74, 6) is 0.969. The molecule has 1 atom stereocenters. The molecule has 0 aliphatic carbocycles. The van der Waals surface area contributed by atoms with E-state index in [-0.39, 0.29) is 11.9 Å². The summed E-state index contributed by atoms with van der Waals surface area (Å²) >= 11 is 0. The molecule has 3 aliphatic heterocycles. The molecule has 2 fully saturated rings. The molecule has 2 aromatic rings. The number of amides is 1. The van der Waals surface area contributed by atoms with E-state index in [1.165, 1.54) is 68.4 Å². The average Bonchev–Trinajstić information content (AvgIpc) is 2.86. The Morgan fingerprint density at radius 2 is 1.62 bits per heavy atom. The molecular formula is C27H35N3O2. The first-order valence-electron chi connectivity index (χ1n) is 12.4. The highest BCUT2D eigenvalue weighted by Crippen LogP contribution is 2.29. The predicted molar refractivity (Wildman–Crippen MR) is 129 cm³/mol. The van der Waals surface area contributed by atoms with Crippen LogP contribution in [-0.4, -0.2) is 49.6 Å². The maximum atomic E-state index is 12.9. The number of hydrogen-bond acceptors (Lipinski definition) is 4. The first-order chi connectivity index (χ1) is 15.8. The van der Waals surface area contributed by atoms with Gasteiger partial charge in [0.2, 0.25) is 0 Å². The Hall–Kier alpha value is -2.53. The van der Waals surface area contributed by atoms with E-state index in [9.17, 15) is 4.79 Å². The first-order valence-corrected chi connectivity index (χ1v) is 12.4. The Morgan fingerprint density at radius 1 is 0.906 bits per heavy atom. The number of anilines is 1. The highest BCUT2D eigenvalue weighted by atomic mass is 16.5. The molecule has 5 heteroatoms. The number of carbonyl (C=O) groups is 1. The van der Waals surface area contributed by atoms with E-state index in [1.807, 2.05) is 12.1 Å². The number of nitrogens with zero attached hydrogens (tertiary/aromatic N) is 2. The fourth-order valence-corrected chi connectivity index (χ4v) is 5.32. The second-order valence-corrected chi connectivity index (χ2v) is 9.51. The van der Waals surface area contributed by atoms with Crippen LogP contribution in [0.25, 0.3) is 0 Å². The van der Waals surface area contributed by atoms with Crippen molar-refractivity contribution >= 4 is 11.6 Å². The molecule has 0 saturated carbocycles. The van der Waals surface area contributed by atoms with Crippen molar-refractivity contribution in [2.45, 2.75) is 57.5 Å². The lowest BCUT2D eigenvalue weighted by Gasteiger charge is -2.31. The molecule has 0 bridgehead atoms. The third-order valence-corrected chi connectivity index (χ3v) is 7.15. The van der Waals surface area contributed by atoms with Crippen LogP contribution in [0, 0.1) is 0 Å². The molecule has 3 heterocycles. The maximum Gasteiger partial charge on any atom is 0.251 e. The Labute approximate surface area is 191 Å². The van der Waals surface area contributed by atoms with Crippen LogP contribution >= 0.6 is 0 Å². The molecule has 2 aromatic carbocycles. The highest BCUT2D eigenvalue weighted by molar-refractivity contribution is 5.94. The molecule has 170 valence electrons. The SMILES string of the molecule is O=C(N[C@@H]1COc2cccc(CN3CCCCC3)c2C1)c1ccc(N2CCCCC2)cc1. The lowest BCUT2D eigenvalue weighted by atomic mass is 9.96. The highest BCUT2D eigenvalue weighted by Gasteiger charge is 2.25. The summed E-state index contributed by atoms with van der Waals surface area (Å²) in [6.07, 6.45) is 8.59. The second-order valence-electron chi connectivity index (χ2n) is 9.51. The number of likely N-dealkylation sites (tertiary alicyclic amines) is 1. The van der Waals surface area contributed by atoms with Crippen molar-refractivity contribution in [1.29, 1.82) is 0 Å². The van der Waals surface area contributed by atoms with Gasteiger partial charge in [-0.1, -0.05) is 18.6 Å². The molecular weight excluding hydrogens is 398 g/mol. The summed E-state index contributed by atoms with van der Waals surface area (Å²) in [4.78, 5) is 17.9. The molecule has 0 unspecified atom stereocenters. The zero-order chi connectivity index (χ0) is 21.8. The van der Waals surface area contributed by atoms with Gasteiger partial charge in [-0.2, -0.15) is 0 Å². The van der Waals surface area contributed by atoms with Gasteiger partial charge in [-0.3, -0.25) is 9.69 Å². The van der Waals surface area contributed by atoms with E-state index in [1.54, 1.807) is 0 Å². The Morgan fingerprint density at radius 3 is 2.38 bits per heavy atom. The predicted octanol–water partition coefficient (Wildman–Crippen LogP) is 4.40. The number of piperidine rings is 2. The molecule has 1 amide bonds. The Balaban J connectivity index is 1.22. The monoisotopic (exact) mass is 433 g/mol. The van der Waals surface area contributed by atoms with Crippen LogP contribution in [0.5, 0.6) is 5.75 Å². The summed E-state index contributed by atoms with van der Waals surface area (Å²) in [5.41, 5.74) is 4.54. The molecule has 5 nitrogen and oxygen atoms in total. The summed E-state index contributed by atoms with van der Waals surface area (Å²) in [5, 5.41) is 3.21. The fraction of sp³-hybridized carbons (Fsp3) is 0.519. The van der Waals surface area contributed by atoms with E-state index in [0.29, 0.717) is 6.61 Å². The second kappa shape index (κ2) is 9.95. The van der Waals surface area contributed by atoms with Gasteiger partial charge in [0, 0.05) is 36.4 Å². The summed E-state index contributed by atoms with van der Waals surface area (Å²) in [7, 11) is 0. The van der Waals surface area contributed by atoms with Crippen LogP contribution in [0.3, 0.4) is 0 Å². The van der Waals surface area contributed by atoms with Crippen LogP contribution in [0.4, 0.5) is 5.69 Å². The maximum absolute atomic E-state index is 12.9. The average molecular weight is 434 g/mol. The van der Waals surface area contributed by atoms with Crippen molar-refractivity contribution in [1.82, 2.24) is 10.2 Å². The number of fused-ring (bicyclic) bond motifs is 1. The molecule has 2 saturated heterocycles. The van der Waals surface area contributed by atoms with Gasteiger partial charge in [-0.05, 0) is 87.5 Å². The van der Waals surface area contributed by atoms with Crippen molar-refractivity contribution in [3.8, 4) is 5.75 Å². The van der Waals surface area contributed by atoms with Gasteiger partial charge >= 0.3 is 0 Å². The number of nitrogens with one attached hydrogen (secondary N) is 1. The van der Waals surface area contributed by atoms with Crippen molar-refractivity contribution in [3.63, 3.8) is 0 Å². The first kappa shape index (κ1) is 21.3. The van der Waals surface area contributed by atoms with E-state index >= 15 is 0 Å². The van der Waals surface area contributed by atoms with Crippen LogP contribution < -0.4 is 15.0 Å². The van der Waals surface area contributed by atoms with Gasteiger partial charge < -0.3 is 15.0 Å². The van der Waals surface area contributed by atoms with E-state index in [4.69, 9.17) is 4.74 Å². The largest absolute Gasteiger partial charge is 0.491 e. The minimum absolute atomic E-state index is 0.000670. The minimum atomic E-state index is -0.0132. The van der Waals surface area contributed by atoms with Crippen LogP contribution in [-0.2, 0) is 13.0 Å². The van der Waals surface area contributed by atoms with Gasteiger partial charge in [0.15, 0.2) is 0 Å². The molecule has 0 aromatic heterocycles. The van der Waals surface area contributed by atoms with Gasteiger partial charge in [0.1, 0.15) is 12.4 Å². The third kappa shape index (κ3) is 4.93. The van der Waals surface area contributed by atoms with Gasteiger partial charge in [0.25, 0.3) is 5.91 Å². The zero-order valence-electron chi connectivity index (χ0n) is 19.0. The minimum Gasteiger partial charge on any atom is -0.491 e. The number of rotatable bonds is 5. The lowest BCUT2D eigenvalue weighted by Crippen LogP contribution is -2.43. The molecule has 3 aliphatic rings. The molecule has 32 heavy (non-hydrogen) atoms. The lowest BCUT2D eigenvalue weighted by molar-refractivity contribution is 0.0915. The normalized spacial score (nSPS) is 21.5. The molecule has 0 radical (unpaired) electrons. The van der Waals surface area contributed by atoms with Crippen molar-refractivity contribution in [3.05, 3.63) is 59.2 Å². The number of carbonyl (C=O) groups excluding carboxylic acids is 1. The van der Waals surface area contributed by atoms with E-state index in [2.05, 4.69) is 45.4 Å². The smallest absolute Gasteiger partial charge is 0.251 e. The quantitative estimate of drug-likeness (QED) is 0.759. The zero-order valence-corrected chi connectivity index (χ0v) is 19.0. The summed E-state index contributed by atoms with van der Waals surface area (Å²) < 4.78 is 6.06. The third-order valence-electron chi connectivity index (χ3n) is 7.15. The summed E-state index contributed by atoms with van der Waals surface area (Å²) in [6, 6.07) is 14.5. The topological polar surface area (TPSA) is 44.8 Å². The van der Waals surface area contributed by atoms with Crippen LogP contribution in [0.1, 0.15) is 60.0 Å². The van der Waals surface area contributed by atoms with Gasteiger partial charge in [-0.15, -0.1) is 0 Å². The van der Waals surface area contributed by atoms with Crippen LogP contribution in [0.15, 0.2) is 42.5 Å². The Bertz CT molecular complexity index is 915. The Kier molecular flexibility index (Phi) is 6.63. The van der Waals surface area contributed by atoms with E-state index in [0.717, 1.165) is 37.4 Å². The van der Waals surface area contributed by atoms with Crippen molar-refractivity contribution < 1.29 is 9.53 Å². The molecule has 1 N–H and O–H groups in total. The number of ether oxygens (including phenoxy) is 1. The van der Waals surface area contributed by atoms with Crippen molar-refractivity contribution in [2.24, 2.45) is 0 Å². The number of benzene rings is 2. The molecule has 0 spiro atoms.